The number of aryl methyl sites for hydroxylation is 1. The second-order valence-electron chi connectivity index (χ2n) is 6.66. The highest BCUT2D eigenvalue weighted by molar-refractivity contribution is 5.52. The van der Waals surface area contributed by atoms with Gasteiger partial charge < -0.3 is 4.90 Å². The standard InChI is InChI=1S/C23H22FN/c24-20-10-6-11-21(17-20)25-16-15-19-9-4-5-12-22(19)23(25)14-13-18-7-2-1-3-8-18/h1-12,17,23H,13-16H2. The van der Waals surface area contributed by atoms with Gasteiger partial charge in [-0.2, -0.15) is 0 Å². The molecule has 25 heavy (non-hydrogen) atoms. The van der Waals surface area contributed by atoms with Gasteiger partial charge >= 0.3 is 0 Å². The van der Waals surface area contributed by atoms with Crippen molar-refractivity contribution < 1.29 is 4.39 Å². The molecule has 1 heterocycles. The Morgan fingerprint density at radius 2 is 1.68 bits per heavy atom. The molecule has 2 heteroatoms. The minimum Gasteiger partial charge on any atom is -0.364 e. The van der Waals surface area contributed by atoms with Crippen molar-refractivity contribution in [2.24, 2.45) is 0 Å². The summed E-state index contributed by atoms with van der Waals surface area (Å²) in [5.74, 6) is -0.168. The average molecular weight is 331 g/mol. The van der Waals surface area contributed by atoms with E-state index in [2.05, 4.69) is 59.5 Å². The fourth-order valence-electron chi connectivity index (χ4n) is 3.87. The van der Waals surface area contributed by atoms with Crippen LogP contribution in [0.3, 0.4) is 0 Å². The lowest BCUT2D eigenvalue weighted by atomic mass is 9.88. The number of rotatable bonds is 4. The predicted octanol–water partition coefficient (Wildman–Crippen LogP) is 5.56. The van der Waals surface area contributed by atoms with Crippen LogP contribution in [-0.4, -0.2) is 6.54 Å². The van der Waals surface area contributed by atoms with E-state index in [0.717, 1.165) is 31.5 Å². The summed E-state index contributed by atoms with van der Waals surface area (Å²) < 4.78 is 13.8. The quantitative estimate of drug-likeness (QED) is 0.605. The van der Waals surface area contributed by atoms with Gasteiger partial charge in [0.15, 0.2) is 0 Å². The van der Waals surface area contributed by atoms with E-state index in [1.165, 1.54) is 22.8 Å². The smallest absolute Gasteiger partial charge is 0.125 e. The summed E-state index contributed by atoms with van der Waals surface area (Å²) in [4.78, 5) is 2.37. The van der Waals surface area contributed by atoms with Crippen molar-refractivity contribution in [3.05, 3.63) is 101 Å². The molecule has 0 aliphatic carbocycles. The summed E-state index contributed by atoms with van der Waals surface area (Å²) in [5.41, 5.74) is 5.14. The van der Waals surface area contributed by atoms with Gasteiger partial charge in [-0.15, -0.1) is 0 Å². The normalized spacial score (nSPS) is 16.5. The monoisotopic (exact) mass is 331 g/mol. The average Bonchev–Trinajstić information content (AvgIpc) is 2.67. The molecule has 1 nitrogen and oxygen atoms in total. The summed E-state index contributed by atoms with van der Waals surface area (Å²) in [6, 6.07) is 26.6. The lowest BCUT2D eigenvalue weighted by Crippen LogP contribution is -2.35. The number of halogens is 1. The van der Waals surface area contributed by atoms with E-state index in [-0.39, 0.29) is 11.9 Å². The Labute approximate surface area is 148 Å². The lowest BCUT2D eigenvalue weighted by Gasteiger charge is -2.39. The van der Waals surface area contributed by atoms with Crippen LogP contribution < -0.4 is 4.90 Å². The van der Waals surface area contributed by atoms with Crippen molar-refractivity contribution in [1.82, 2.24) is 0 Å². The van der Waals surface area contributed by atoms with Crippen LogP contribution in [0.2, 0.25) is 0 Å². The Morgan fingerprint density at radius 1 is 0.880 bits per heavy atom. The van der Waals surface area contributed by atoms with Crippen molar-refractivity contribution in [3.8, 4) is 0 Å². The highest BCUT2D eigenvalue weighted by Crippen LogP contribution is 2.36. The van der Waals surface area contributed by atoms with Crippen LogP contribution in [0, 0.1) is 5.82 Å². The van der Waals surface area contributed by atoms with Crippen LogP contribution in [0.1, 0.15) is 29.2 Å². The zero-order chi connectivity index (χ0) is 17.1. The second kappa shape index (κ2) is 7.10. The van der Waals surface area contributed by atoms with Gasteiger partial charge in [0.2, 0.25) is 0 Å². The molecule has 0 amide bonds. The van der Waals surface area contributed by atoms with E-state index in [0.29, 0.717) is 0 Å². The van der Waals surface area contributed by atoms with Crippen molar-refractivity contribution >= 4 is 5.69 Å². The Bertz CT molecular complexity index is 843. The first kappa shape index (κ1) is 15.9. The molecule has 1 aliphatic rings. The Balaban J connectivity index is 1.66. The summed E-state index contributed by atoms with van der Waals surface area (Å²) in [5, 5.41) is 0. The largest absolute Gasteiger partial charge is 0.364 e. The third kappa shape index (κ3) is 3.43. The first-order valence-corrected chi connectivity index (χ1v) is 8.95. The Morgan fingerprint density at radius 3 is 2.52 bits per heavy atom. The molecular weight excluding hydrogens is 309 g/mol. The number of nitrogens with zero attached hydrogens (tertiary/aromatic N) is 1. The maximum atomic E-state index is 13.8. The molecule has 0 aromatic heterocycles. The Hall–Kier alpha value is -2.61. The highest BCUT2D eigenvalue weighted by Gasteiger charge is 2.27. The summed E-state index contributed by atoms with van der Waals surface area (Å²) in [6.45, 7) is 0.930. The molecule has 0 fully saturated rings. The molecule has 0 radical (unpaired) electrons. The topological polar surface area (TPSA) is 3.24 Å². The van der Waals surface area contributed by atoms with E-state index in [9.17, 15) is 4.39 Å². The van der Waals surface area contributed by atoms with Gasteiger partial charge in [-0.1, -0.05) is 60.7 Å². The molecule has 126 valence electrons. The number of anilines is 1. The summed E-state index contributed by atoms with van der Waals surface area (Å²) in [7, 11) is 0. The molecule has 0 spiro atoms. The maximum absolute atomic E-state index is 13.8. The molecule has 0 bridgehead atoms. The van der Waals surface area contributed by atoms with Crippen molar-refractivity contribution in [1.29, 1.82) is 0 Å². The van der Waals surface area contributed by atoms with Gasteiger partial charge in [0.1, 0.15) is 5.82 Å². The van der Waals surface area contributed by atoms with Gasteiger partial charge in [-0.3, -0.25) is 0 Å². The molecule has 4 rings (SSSR count). The first-order chi connectivity index (χ1) is 12.3. The third-order valence-corrected chi connectivity index (χ3v) is 5.10. The van der Waals surface area contributed by atoms with Crippen LogP contribution in [0.5, 0.6) is 0 Å². The van der Waals surface area contributed by atoms with Gasteiger partial charge in [0.05, 0.1) is 6.04 Å². The molecule has 3 aromatic rings. The van der Waals surface area contributed by atoms with Gasteiger partial charge in [0, 0.05) is 12.2 Å². The number of hydrogen-bond acceptors (Lipinski definition) is 1. The minimum atomic E-state index is -0.168. The predicted molar refractivity (Wildman–Crippen MR) is 101 cm³/mol. The van der Waals surface area contributed by atoms with E-state index in [4.69, 9.17) is 0 Å². The lowest BCUT2D eigenvalue weighted by molar-refractivity contribution is 0.542. The second-order valence-corrected chi connectivity index (χ2v) is 6.66. The van der Waals surface area contributed by atoms with Gasteiger partial charge in [0.25, 0.3) is 0 Å². The molecule has 1 aliphatic heterocycles. The van der Waals surface area contributed by atoms with Crippen LogP contribution in [0.4, 0.5) is 10.1 Å². The Kier molecular flexibility index (Phi) is 4.51. The molecule has 1 unspecified atom stereocenters. The molecule has 0 N–H and O–H groups in total. The van der Waals surface area contributed by atoms with Crippen molar-refractivity contribution in [2.75, 3.05) is 11.4 Å². The van der Waals surface area contributed by atoms with E-state index in [1.54, 1.807) is 12.1 Å². The summed E-state index contributed by atoms with van der Waals surface area (Å²) in [6.07, 6.45) is 3.05. The molecule has 0 saturated heterocycles. The zero-order valence-electron chi connectivity index (χ0n) is 14.2. The number of fused-ring (bicyclic) bond motifs is 1. The van der Waals surface area contributed by atoms with Crippen molar-refractivity contribution in [2.45, 2.75) is 25.3 Å². The highest BCUT2D eigenvalue weighted by atomic mass is 19.1. The van der Waals surface area contributed by atoms with Crippen molar-refractivity contribution in [3.63, 3.8) is 0 Å². The fraction of sp³-hybridized carbons (Fsp3) is 0.217. The van der Waals surface area contributed by atoms with Gasteiger partial charge in [-0.25, -0.2) is 4.39 Å². The third-order valence-electron chi connectivity index (χ3n) is 5.10. The SMILES string of the molecule is Fc1cccc(N2CCc3ccccc3C2CCc2ccccc2)c1. The first-order valence-electron chi connectivity index (χ1n) is 8.95. The fourth-order valence-corrected chi connectivity index (χ4v) is 3.87. The maximum Gasteiger partial charge on any atom is 0.125 e. The minimum absolute atomic E-state index is 0.168. The number of hydrogen-bond donors (Lipinski definition) is 0. The zero-order valence-corrected chi connectivity index (χ0v) is 14.2. The van der Waals surface area contributed by atoms with E-state index in [1.807, 2.05) is 6.07 Å². The van der Waals surface area contributed by atoms with Crippen LogP contribution >= 0.6 is 0 Å². The molecular formula is C23H22FN. The molecule has 3 aromatic carbocycles. The molecule has 1 atom stereocenters. The van der Waals surface area contributed by atoms with Crippen LogP contribution in [0.15, 0.2) is 78.9 Å². The van der Waals surface area contributed by atoms with E-state index < -0.39 is 0 Å². The van der Waals surface area contributed by atoms with E-state index >= 15 is 0 Å². The molecule has 0 saturated carbocycles. The van der Waals surface area contributed by atoms with Crippen LogP contribution in [-0.2, 0) is 12.8 Å². The summed E-state index contributed by atoms with van der Waals surface area (Å²) >= 11 is 0. The van der Waals surface area contributed by atoms with Crippen LogP contribution in [0.25, 0.3) is 0 Å². The van der Waals surface area contributed by atoms with Gasteiger partial charge in [-0.05, 0) is 54.2 Å². The number of benzene rings is 3.